The lowest BCUT2D eigenvalue weighted by Crippen LogP contribution is -2.27. The predicted molar refractivity (Wildman–Crippen MR) is 135 cm³/mol. The second-order valence-corrected chi connectivity index (χ2v) is 9.73. The fourth-order valence-corrected chi connectivity index (χ4v) is 4.65. The molecule has 4 rings (SSSR count). The molecule has 0 fully saturated rings. The topological polar surface area (TPSA) is 76.9 Å². The van der Waals surface area contributed by atoms with Gasteiger partial charge in [-0.05, 0) is 56.2 Å². The number of benzene rings is 2. The molecule has 168 valence electrons. The third-order valence-corrected chi connectivity index (χ3v) is 6.60. The Kier molecular flexibility index (Phi) is 6.74. The number of carbonyl (C=O) groups excluding carboxylic acids is 1. The van der Waals surface area contributed by atoms with Crippen LogP contribution >= 0.6 is 35.0 Å². The first-order valence-corrected chi connectivity index (χ1v) is 11.8. The summed E-state index contributed by atoms with van der Waals surface area (Å²) in [5.41, 5.74) is 3.06. The summed E-state index contributed by atoms with van der Waals surface area (Å²) >= 11 is 13.2. The molecule has 0 saturated carbocycles. The van der Waals surface area contributed by atoms with Crippen LogP contribution in [-0.2, 0) is 4.79 Å². The van der Waals surface area contributed by atoms with Crippen LogP contribution in [-0.4, -0.2) is 25.7 Å². The predicted octanol–water partition coefficient (Wildman–Crippen LogP) is 5.82. The van der Waals surface area contributed by atoms with Crippen LogP contribution in [0.25, 0.3) is 16.6 Å². The minimum atomic E-state index is -0.594. The van der Waals surface area contributed by atoms with Gasteiger partial charge in [0.2, 0.25) is 5.91 Å². The molecule has 4 aromatic rings. The zero-order chi connectivity index (χ0) is 23.7. The van der Waals surface area contributed by atoms with E-state index in [0.29, 0.717) is 21.1 Å². The number of amides is 1. The lowest BCUT2D eigenvalue weighted by molar-refractivity contribution is -0.115. The first kappa shape index (κ1) is 23.3. The van der Waals surface area contributed by atoms with Crippen LogP contribution in [0.2, 0.25) is 10.0 Å². The maximum atomic E-state index is 13.5. The quantitative estimate of drug-likeness (QED) is 0.277. The van der Waals surface area contributed by atoms with E-state index in [9.17, 15) is 9.59 Å². The van der Waals surface area contributed by atoms with E-state index in [1.807, 2.05) is 44.2 Å². The van der Waals surface area contributed by atoms with Crippen molar-refractivity contribution in [3.05, 3.63) is 86.3 Å². The van der Waals surface area contributed by atoms with Crippen molar-refractivity contribution in [2.75, 3.05) is 5.32 Å². The van der Waals surface area contributed by atoms with Crippen LogP contribution in [0.1, 0.15) is 18.1 Å². The van der Waals surface area contributed by atoms with Gasteiger partial charge < -0.3 is 5.32 Å². The van der Waals surface area contributed by atoms with Gasteiger partial charge in [-0.25, -0.2) is 9.97 Å². The van der Waals surface area contributed by atoms with Gasteiger partial charge in [0.1, 0.15) is 0 Å². The van der Waals surface area contributed by atoms with Gasteiger partial charge in [-0.3, -0.25) is 14.2 Å². The summed E-state index contributed by atoms with van der Waals surface area (Å²) < 4.78 is 1.58. The van der Waals surface area contributed by atoms with Crippen molar-refractivity contribution in [2.24, 2.45) is 0 Å². The van der Waals surface area contributed by atoms with Gasteiger partial charge in [0.05, 0.1) is 31.9 Å². The Hall–Kier alpha value is -2.87. The zero-order valence-electron chi connectivity index (χ0n) is 18.1. The molecule has 0 radical (unpaired) electrons. The Morgan fingerprint density at radius 1 is 1.12 bits per heavy atom. The fourth-order valence-electron chi connectivity index (χ4n) is 3.30. The molecule has 6 nitrogen and oxygen atoms in total. The largest absolute Gasteiger partial charge is 0.308 e. The van der Waals surface area contributed by atoms with Crippen LogP contribution in [0.5, 0.6) is 0 Å². The Labute approximate surface area is 205 Å². The van der Waals surface area contributed by atoms with Crippen LogP contribution in [0.4, 0.5) is 5.82 Å². The number of halogens is 2. The Balaban J connectivity index is 1.75. The second kappa shape index (κ2) is 9.55. The molecule has 0 aliphatic carbocycles. The van der Waals surface area contributed by atoms with E-state index < -0.39 is 5.25 Å². The van der Waals surface area contributed by atoms with Gasteiger partial charge in [0.15, 0.2) is 11.0 Å². The highest BCUT2D eigenvalue weighted by Crippen LogP contribution is 2.28. The zero-order valence-corrected chi connectivity index (χ0v) is 20.4. The summed E-state index contributed by atoms with van der Waals surface area (Å²) in [5.74, 6) is -0.108. The molecule has 1 unspecified atom stereocenters. The molecular formula is C24H20Cl2N4O2S. The number of hydrogen-bond acceptors (Lipinski definition) is 5. The van der Waals surface area contributed by atoms with Gasteiger partial charge in [-0.2, -0.15) is 0 Å². The monoisotopic (exact) mass is 498 g/mol. The van der Waals surface area contributed by atoms with E-state index in [1.165, 1.54) is 24.0 Å². The Morgan fingerprint density at radius 3 is 2.64 bits per heavy atom. The smallest absolute Gasteiger partial charge is 0.266 e. The van der Waals surface area contributed by atoms with E-state index in [-0.39, 0.29) is 22.3 Å². The molecule has 0 bridgehead atoms. The lowest BCUT2D eigenvalue weighted by atomic mass is 10.1. The van der Waals surface area contributed by atoms with Gasteiger partial charge in [-0.1, -0.05) is 59.2 Å². The van der Waals surface area contributed by atoms with Crippen molar-refractivity contribution >= 4 is 57.6 Å². The summed E-state index contributed by atoms with van der Waals surface area (Å²) in [4.78, 5) is 35.2. The summed E-state index contributed by atoms with van der Waals surface area (Å²) in [6, 6.07) is 14.6. The average Bonchev–Trinajstić information content (AvgIpc) is 2.78. The Bertz CT molecular complexity index is 1440. The number of hydrogen-bond donors (Lipinski definition) is 1. The molecular weight excluding hydrogens is 479 g/mol. The molecule has 33 heavy (non-hydrogen) atoms. The number of pyridine rings is 1. The average molecular weight is 499 g/mol. The van der Waals surface area contributed by atoms with Crippen molar-refractivity contribution in [3.8, 4) is 5.69 Å². The van der Waals surface area contributed by atoms with Crippen LogP contribution in [0.15, 0.2) is 64.7 Å². The highest BCUT2D eigenvalue weighted by atomic mass is 35.5. The van der Waals surface area contributed by atoms with Crippen LogP contribution in [0.3, 0.4) is 0 Å². The molecule has 1 atom stereocenters. The Morgan fingerprint density at radius 2 is 1.88 bits per heavy atom. The van der Waals surface area contributed by atoms with Gasteiger partial charge in [-0.15, -0.1) is 0 Å². The van der Waals surface area contributed by atoms with Crippen molar-refractivity contribution in [2.45, 2.75) is 31.2 Å². The fraction of sp³-hybridized carbons (Fsp3) is 0.167. The summed E-state index contributed by atoms with van der Waals surface area (Å²) in [7, 11) is 0. The number of aromatic nitrogens is 3. The van der Waals surface area contributed by atoms with Gasteiger partial charge >= 0.3 is 0 Å². The minimum Gasteiger partial charge on any atom is -0.308 e. The number of para-hydroxylation sites is 1. The molecule has 1 N–H and O–H groups in total. The summed E-state index contributed by atoms with van der Waals surface area (Å²) in [6.07, 6.45) is 1.41. The van der Waals surface area contributed by atoms with Crippen molar-refractivity contribution in [3.63, 3.8) is 0 Å². The van der Waals surface area contributed by atoms with Crippen molar-refractivity contribution < 1.29 is 4.79 Å². The number of aryl methyl sites for hydroxylation is 2. The lowest BCUT2D eigenvalue weighted by Gasteiger charge is -2.18. The van der Waals surface area contributed by atoms with E-state index in [4.69, 9.17) is 28.2 Å². The third-order valence-electron chi connectivity index (χ3n) is 5.05. The molecule has 2 aromatic heterocycles. The SMILES string of the molecule is Cc1ccc(C)c(-n2c(SC(C)C(=O)Nc3ncc(Cl)cc3Cl)nc3ccccc3c2=O)c1. The molecule has 0 aliphatic heterocycles. The van der Waals surface area contributed by atoms with E-state index in [2.05, 4.69) is 10.3 Å². The summed E-state index contributed by atoms with van der Waals surface area (Å²) in [6.45, 7) is 5.64. The van der Waals surface area contributed by atoms with Crippen molar-refractivity contribution in [1.29, 1.82) is 0 Å². The number of carbonyl (C=O) groups is 1. The second-order valence-electron chi connectivity index (χ2n) is 7.58. The normalized spacial score (nSPS) is 12.0. The highest BCUT2D eigenvalue weighted by molar-refractivity contribution is 8.00. The molecule has 0 spiro atoms. The first-order valence-electron chi connectivity index (χ1n) is 10.1. The molecule has 0 aliphatic rings. The standard InChI is InChI=1S/C24H20Cl2N4O2S/c1-13-8-9-14(2)20(10-13)30-23(32)17-6-4-5-7-19(17)28-24(30)33-15(3)22(31)29-21-18(26)11-16(25)12-27-21/h4-12,15H,1-3H3,(H,27,29,31). The molecule has 2 aromatic carbocycles. The number of rotatable bonds is 5. The molecule has 1 amide bonds. The van der Waals surface area contributed by atoms with E-state index in [0.717, 1.165) is 16.8 Å². The maximum absolute atomic E-state index is 13.5. The first-order chi connectivity index (χ1) is 15.7. The summed E-state index contributed by atoms with van der Waals surface area (Å²) in [5, 5.41) is 3.66. The number of nitrogens with zero attached hydrogens (tertiary/aromatic N) is 3. The van der Waals surface area contributed by atoms with Gasteiger partial charge in [0, 0.05) is 6.20 Å². The number of fused-ring (bicyclic) bond motifs is 1. The van der Waals surface area contributed by atoms with E-state index >= 15 is 0 Å². The highest BCUT2D eigenvalue weighted by Gasteiger charge is 2.22. The molecule has 0 saturated heterocycles. The molecule has 9 heteroatoms. The number of anilines is 1. The van der Waals surface area contributed by atoms with Gasteiger partial charge in [0.25, 0.3) is 5.56 Å². The number of nitrogens with one attached hydrogen (secondary N) is 1. The third kappa shape index (κ3) is 4.90. The maximum Gasteiger partial charge on any atom is 0.266 e. The number of thioether (sulfide) groups is 1. The van der Waals surface area contributed by atoms with Crippen molar-refractivity contribution in [1.82, 2.24) is 14.5 Å². The minimum absolute atomic E-state index is 0.188. The van der Waals surface area contributed by atoms with E-state index in [1.54, 1.807) is 23.6 Å². The van der Waals surface area contributed by atoms with Crippen LogP contribution < -0.4 is 10.9 Å². The molecule has 2 heterocycles. The van der Waals surface area contributed by atoms with Crippen LogP contribution in [0, 0.1) is 13.8 Å².